The van der Waals surface area contributed by atoms with Gasteiger partial charge in [-0.2, -0.15) is 10.4 Å². The molecular formula is C28H26N6O2. The molecule has 1 aromatic carbocycles. The molecule has 2 aliphatic rings. The summed E-state index contributed by atoms with van der Waals surface area (Å²) in [6.45, 7) is 1.12. The van der Waals surface area contributed by atoms with Crippen LogP contribution in [0.15, 0.2) is 42.6 Å². The molecule has 1 amide bonds. The summed E-state index contributed by atoms with van der Waals surface area (Å²) in [5.74, 6) is 0.712. The van der Waals surface area contributed by atoms with Gasteiger partial charge in [-0.15, -0.1) is 0 Å². The highest BCUT2D eigenvalue weighted by atomic mass is 16.5. The maximum absolute atomic E-state index is 11.1. The minimum atomic E-state index is -0.682. The van der Waals surface area contributed by atoms with Gasteiger partial charge in [0.2, 0.25) is 6.41 Å². The number of nitrogens with zero attached hydrogens (tertiary/aromatic N) is 5. The van der Waals surface area contributed by atoms with Gasteiger partial charge in [-0.1, -0.05) is 18.2 Å². The van der Waals surface area contributed by atoms with Crippen molar-refractivity contribution in [2.24, 2.45) is 0 Å². The van der Waals surface area contributed by atoms with Crippen molar-refractivity contribution >= 4 is 17.4 Å². The van der Waals surface area contributed by atoms with Crippen LogP contribution >= 0.6 is 0 Å². The van der Waals surface area contributed by atoms with E-state index in [2.05, 4.69) is 39.4 Å². The van der Waals surface area contributed by atoms with E-state index in [1.807, 2.05) is 18.2 Å². The van der Waals surface area contributed by atoms with E-state index in [4.69, 9.17) is 9.72 Å². The van der Waals surface area contributed by atoms with Crippen LogP contribution < -0.4 is 4.74 Å². The number of methoxy groups -OCH3 is 1. The van der Waals surface area contributed by atoms with E-state index >= 15 is 0 Å². The summed E-state index contributed by atoms with van der Waals surface area (Å²) in [4.78, 5) is 22.5. The van der Waals surface area contributed by atoms with Gasteiger partial charge >= 0.3 is 0 Å². The SMILES string of the molecule is COc1cc2[nH]nc(-c3ccc(C4(C#N)CCN(C=O)CC4)nc3)c2nc1-c1cccc2c1CCC2. The predicted octanol–water partition coefficient (Wildman–Crippen LogP) is 4.20. The maximum Gasteiger partial charge on any atom is 0.209 e. The number of hydrogen-bond donors (Lipinski definition) is 1. The Labute approximate surface area is 208 Å². The number of aromatic amines is 1. The fourth-order valence-corrected chi connectivity index (χ4v) is 5.57. The zero-order valence-corrected chi connectivity index (χ0v) is 20.1. The Balaban J connectivity index is 1.39. The molecule has 0 bridgehead atoms. The number of ether oxygens (including phenoxy) is 1. The van der Waals surface area contributed by atoms with Crippen LogP contribution in [-0.2, 0) is 23.1 Å². The standard InChI is InChI=1S/C28H26N6O2/c1-36-23-14-22-27(31-26(23)21-7-3-5-18-4-2-6-20(18)21)25(33-32-22)19-8-9-24(30-15-19)28(16-29)10-12-34(17-35)13-11-28/h3,5,7-9,14-15,17H,2,4,6,10-13H2,1H3,(H,32,33). The average molecular weight is 479 g/mol. The highest BCUT2D eigenvalue weighted by Crippen LogP contribution is 2.39. The number of H-pyrrole nitrogens is 1. The molecule has 4 aromatic rings. The minimum Gasteiger partial charge on any atom is -0.494 e. The van der Waals surface area contributed by atoms with Gasteiger partial charge in [0, 0.05) is 36.5 Å². The minimum absolute atomic E-state index is 0.558. The van der Waals surface area contributed by atoms with E-state index in [9.17, 15) is 10.1 Å². The summed E-state index contributed by atoms with van der Waals surface area (Å²) < 4.78 is 5.73. The average Bonchev–Trinajstić information content (AvgIpc) is 3.59. The molecule has 0 unspecified atom stereocenters. The quantitative estimate of drug-likeness (QED) is 0.431. The number of carbonyl (C=O) groups is 1. The number of piperidine rings is 1. The molecular weight excluding hydrogens is 452 g/mol. The van der Waals surface area contributed by atoms with Crippen molar-refractivity contribution in [1.82, 2.24) is 25.1 Å². The van der Waals surface area contributed by atoms with Crippen molar-refractivity contribution in [3.8, 4) is 34.3 Å². The molecule has 3 aromatic heterocycles. The Morgan fingerprint density at radius 1 is 1.17 bits per heavy atom. The lowest BCUT2D eigenvalue weighted by Crippen LogP contribution is -2.41. The molecule has 8 nitrogen and oxygen atoms in total. The van der Waals surface area contributed by atoms with Gasteiger partial charge in [0.1, 0.15) is 28.1 Å². The Hall–Kier alpha value is -4.25. The van der Waals surface area contributed by atoms with Crippen molar-refractivity contribution in [3.05, 3.63) is 59.4 Å². The Morgan fingerprint density at radius 2 is 2.03 bits per heavy atom. The van der Waals surface area contributed by atoms with Crippen molar-refractivity contribution in [3.63, 3.8) is 0 Å². The third-order valence-electron chi connectivity index (χ3n) is 7.66. The van der Waals surface area contributed by atoms with Gasteiger partial charge < -0.3 is 9.64 Å². The summed E-state index contributed by atoms with van der Waals surface area (Å²) in [7, 11) is 1.67. The smallest absolute Gasteiger partial charge is 0.209 e. The fraction of sp³-hybridized carbons (Fsp3) is 0.321. The molecule has 36 heavy (non-hydrogen) atoms. The lowest BCUT2D eigenvalue weighted by atomic mass is 9.76. The molecule has 4 heterocycles. The lowest BCUT2D eigenvalue weighted by molar-refractivity contribution is -0.119. The van der Waals surface area contributed by atoms with E-state index in [1.165, 1.54) is 11.1 Å². The zero-order valence-electron chi connectivity index (χ0n) is 20.1. The van der Waals surface area contributed by atoms with Crippen LogP contribution in [0.25, 0.3) is 33.5 Å². The summed E-state index contributed by atoms with van der Waals surface area (Å²) in [6, 6.07) is 14.7. The van der Waals surface area contributed by atoms with E-state index in [0.29, 0.717) is 37.4 Å². The first-order valence-electron chi connectivity index (χ1n) is 12.3. The van der Waals surface area contributed by atoms with Crippen molar-refractivity contribution in [1.29, 1.82) is 5.26 Å². The van der Waals surface area contributed by atoms with Crippen LogP contribution in [-0.4, -0.2) is 51.7 Å². The topological polar surface area (TPSA) is 108 Å². The Morgan fingerprint density at radius 3 is 2.75 bits per heavy atom. The van der Waals surface area contributed by atoms with Crippen LogP contribution in [0.4, 0.5) is 0 Å². The fourth-order valence-electron chi connectivity index (χ4n) is 5.57. The summed E-state index contributed by atoms with van der Waals surface area (Å²) in [5.41, 5.74) is 7.79. The zero-order chi connectivity index (χ0) is 24.7. The number of fused-ring (bicyclic) bond motifs is 2. The van der Waals surface area contributed by atoms with Crippen LogP contribution in [0.2, 0.25) is 0 Å². The number of hydrogen-bond acceptors (Lipinski definition) is 6. The molecule has 0 spiro atoms. The van der Waals surface area contributed by atoms with Gasteiger partial charge in [0.05, 0.1) is 24.4 Å². The number of benzene rings is 1. The van der Waals surface area contributed by atoms with E-state index in [1.54, 1.807) is 18.2 Å². The second-order valence-corrected chi connectivity index (χ2v) is 9.57. The molecule has 0 atom stereocenters. The number of nitrogens with one attached hydrogen (secondary N) is 1. The second kappa shape index (κ2) is 8.76. The molecule has 8 heteroatoms. The normalized spacial score (nSPS) is 16.5. The van der Waals surface area contributed by atoms with E-state index < -0.39 is 5.41 Å². The van der Waals surface area contributed by atoms with Crippen molar-refractivity contribution in [2.45, 2.75) is 37.5 Å². The molecule has 1 saturated heterocycles. The monoisotopic (exact) mass is 478 g/mol. The summed E-state index contributed by atoms with van der Waals surface area (Å²) in [6.07, 6.45) is 7.06. The van der Waals surface area contributed by atoms with Crippen molar-refractivity contribution < 1.29 is 9.53 Å². The third kappa shape index (κ3) is 3.51. The van der Waals surface area contributed by atoms with Crippen LogP contribution in [0, 0.1) is 11.3 Å². The maximum atomic E-state index is 11.1. The molecule has 180 valence electrons. The number of likely N-dealkylation sites (tertiary alicyclic amines) is 1. The number of aromatic nitrogens is 4. The van der Waals surface area contributed by atoms with Gasteiger partial charge in [-0.3, -0.25) is 14.9 Å². The Bertz CT molecular complexity index is 1490. The number of pyridine rings is 2. The Kier molecular flexibility index (Phi) is 5.41. The summed E-state index contributed by atoms with van der Waals surface area (Å²) in [5, 5.41) is 17.6. The second-order valence-electron chi connectivity index (χ2n) is 9.57. The van der Waals surface area contributed by atoms with Crippen LogP contribution in [0.3, 0.4) is 0 Å². The number of amides is 1. The number of nitriles is 1. The first kappa shape index (κ1) is 22.2. The molecule has 0 radical (unpaired) electrons. The molecule has 1 aliphatic heterocycles. The predicted molar refractivity (Wildman–Crippen MR) is 135 cm³/mol. The summed E-state index contributed by atoms with van der Waals surface area (Å²) >= 11 is 0. The van der Waals surface area contributed by atoms with Gasteiger partial charge in [-0.25, -0.2) is 4.98 Å². The molecule has 6 rings (SSSR count). The molecule has 1 aliphatic carbocycles. The highest BCUT2D eigenvalue weighted by molar-refractivity contribution is 5.93. The molecule has 1 N–H and O–H groups in total. The number of aryl methyl sites for hydroxylation is 1. The van der Waals surface area contributed by atoms with Crippen LogP contribution in [0.5, 0.6) is 5.75 Å². The van der Waals surface area contributed by atoms with E-state index in [-0.39, 0.29) is 0 Å². The van der Waals surface area contributed by atoms with Gasteiger partial charge in [-0.05, 0) is 55.4 Å². The van der Waals surface area contributed by atoms with Crippen LogP contribution in [0.1, 0.15) is 36.1 Å². The number of rotatable bonds is 5. The first-order valence-corrected chi connectivity index (χ1v) is 12.3. The number of carbonyl (C=O) groups excluding carboxylic acids is 1. The molecule has 1 fully saturated rings. The largest absolute Gasteiger partial charge is 0.494 e. The van der Waals surface area contributed by atoms with Gasteiger partial charge in [0.15, 0.2) is 0 Å². The third-order valence-corrected chi connectivity index (χ3v) is 7.66. The van der Waals surface area contributed by atoms with Crippen molar-refractivity contribution in [2.75, 3.05) is 20.2 Å². The lowest BCUT2D eigenvalue weighted by Gasteiger charge is -2.35. The molecule has 0 saturated carbocycles. The van der Waals surface area contributed by atoms with E-state index in [0.717, 1.165) is 59.2 Å². The van der Waals surface area contributed by atoms with Gasteiger partial charge in [0.25, 0.3) is 0 Å². The first-order chi connectivity index (χ1) is 17.7. The highest BCUT2D eigenvalue weighted by Gasteiger charge is 2.37.